The Balaban J connectivity index is 3.04. The lowest BCUT2D eigenvalue weighted by atomic mass is 9.94. The van der Waals surface area contributed by atoms with Crippen LogP contribution in [0.25, 0.3) is 0 Å². The molecule has 0 amide bonds. The smallest absolute Gasteiger partial charge is 0.335 e. The van der Waals surface area contributed by atoms with Gasteiger partial charge in [0.1, 0.15) is 0 Å². The van der Waals surface area contributed by atoms with Gasteiger partial charge in [-0.2, -0.15) is 0 Å². The van der Waals surface area contributed by atoms with Gasteiger partial charge in [-0.1, -0.05) is 6.58 Å². The normalized spacial score (nSPS) is 23.2. The first-order chi connectivity index (χ1) is 5.52. The molecule has 3 heteroatoms. The fourth-order valence-corrected chi connectivity index (χ4v) is 1.05. The molecule has 0 aliphatic heterocycles. The van der Waals surface area contributed by atoms with E-state index in [1.165, 1.54) is 12.2 Å². The summed E-state index contributed by atoms with van der Waals surface area (Å²) in [7, 11) is 0. The fourth-order valence-electron chi connectivity index (χ4n) is 1.05. The summed E-state index contributed by atoms with van der Waals surface area (Å²) >= 11 is 0. The largest absolute Gasteiger partial charge is 0.478 e. The van der Waals surface area contributed by atoms with Crippen LogP contribution in [-0.4, -0.2) is 22.3 Å². The molecule has 1 rings (SSSR count). The van der Waals surface area contributed by atoms with Gasteiger partial charge in [-0.3, -0.25) is 0 Å². The number of hydrogen-bond donors (Lipinski definition) is 2. The van der Waals surface area contributed by atoms with Gasteiger partial charge in [0.05, 0.1) is 11.7 Å². The zero-order valence-electron chi connectivity index (χ0n) is 6.74. The number of carboxylic acids is 1. The number of hydrogen-bond acceptors (Lipinski definition) is 2. The molecule has 0 fully saturated rings. The highest BCUT2D eigenvalue weighted by atomic mass is 16.4. The molecule has 2 N–H and O–H groups in total. The van der Waals surface area contributed by atoms with Crippen molar-refractivity contribution in [3.8, 4) is 0 Å². The SMILES string of the molecule is C=C1C=C(C(=O)O)C(C)=CC1O. The van der Waals surface area contributed by atoms with E-state index in [1.54, 1.807) is 6.92 Å². The molecule has 0 saturated carbocycles. The molecular weight excluding hydrogens is 156 g/mol. The lowest BCUT2D eigenvalue weighted by Crippen LogP contribution is -2.14. The standard InChI is InChI=1S/C9H10O3/c1-5-4-8(10)6(2)3-7(5)9(11)12/h3-4,8,10H,2H2,1H3,(H,11,12). The van der Waals surface area contributed by atoms with E-state index in [0.29, 0.717) is 11.1 Å². The van der Waals surface area contributed by atoms with Crippen LogP contribution in [0.1, 0.15) is 6.92 Å². The van der Waals surface area contributed by atoms with Crippen molar-refractivity contribution in [1.82, 2.24) is 0 Å². The summed E-state index contributed by atoms with van der Waals surface area (Å²) in [5, 5.41) is 17.9. The maximum atomic E-state index is 10.6. The second-order valence-corrected chi connectivity index (χ2v) is 2.73. The third-order valence-corrected chi connectivity index (χ3v) is 1.77. The van der Waals surface area contributed by atoms with Gasteiger partial charge < -0.3 is 10.2 Å². The summed E-state index contributed by atoms with van der Waals surface area (Å²) in [4.78, 5) is 10.6. The Morgan fingerprint density at radius 2 is 2.25 bits per heavy atom. The summed E-state index contributed by atoms with van der Waals surface area (Å²) in [6.45, 7) is 5.18. The quantitative estimate of drug-likeness (QED) is 0.607. The van der Waals surface area contributed by atoms with E-state index < -0.39 is 12.1 Å². The van der Waals surface area contributed by atoms with Crippen molar-refractivity contribution < 1.29 is 15.0 Å². The first-order valence-corrected chi connectivity index (χ1v) is 3.53. The highest BCUT2D eigenvalue weighted by Gasteiger charge is 2.17. The van der Waals surface area contributed by atoms with Crippen LogP contribution in [0.2, 0.25) is 0 Å². The van der Waals surface area contributed by atoms with Crippen molar-refractivity contribution >= 4 is 5.97 Å². The Bertz CT molecular complexity index is 297. The average Bonchev–Trinajstić information content (AvgIpc) is 1.96. The Morgan fingerprint density at radius 3 is 2.75 bits per heavy atom. The van der Waals surface area contributed by atoms with Gasteiger partial charge in [-0.05, 0) is 30.2 Å². The highest BCUT2D eigenvalue weighted by molar-refractivity contribution is 5.92. The molecule has 0 aromatic rings. The van der Waals surface area contributed by atoms with Gasteiger partial charge in [0.2, 0.25) is 0 Å². The van der Waals surface area contributed by atoms with Crippen LogP contribution in [0, 0.1) is 0 Å². The van der Waals surface area contributed by atoms with Gasteiger partial charge in [-0.15, -0.1) is 0 Å². The molecule has 0 aromatic carbocycles. The van der Waals surface area contributed by atoms with E-state index in [9.17, 15) is 9.90 Å². The number of carboxylic acid groups (broad SMARTS) is 1. The second kappa shape index (κ2) is 2.95. The van der Waals surface area contributed by atoms with E-state index in [-0.39, 0.29) is 5.57 Å². The summed E-state index contributed by atoms with van der Waals surface area (Å²) < 4.78 is 0. The molecule has 1 atom stereocenters. The Kier molecular flexibility index (Phi) is 2.15. The maximum Gasteiger partial charge on any atom is 0.335 e. The van der Waals surface area contributed by atoms with Crippen LogP contribution in [0.4, 0.5) is 0 Å². The van der Waals surface area contributed by atoms with Crippen molar-refractivity contribution in [2.75, 3.05) is 0 Å². The maximum absolute atomic E-state index is 10.6. The minimum atomic E-state index is -0.989. The number of rotatable bonds is 1. The molecule has 12 heavy (non-hydrogen) atoms. The van der Waals surface area contributed by atoms with Crippen LogP contribution < -0.4 is 0 Å². The topological polar surface area (TPSA) is 57.5 Å². The summed E-state index contributed by atoms with van der Waals surface area (Å²) in [6.07, 6.45) is 2.13. The zero-order valence-corrected chi connectivity index (χ0v) is 6.74. The molecule has 0 heterocycles. The molecule has 0 aromatic heterocycles. The summed E-state index contributed by atoms with van der Waals surface area (Å²) in [6, 6.07) is 0. The van der Waals surface area contributed by atoms with Crippen LogP contribution >= 0.6 is 0 Å². The molecule has 0 spiro atoms. The third kappa shape index (κ3) is 1.46. The molecule has 0 saturated heterocycles. The molecule has 0 radical (unpaired) electrons. The average molecular weight is 166 g/mol. The van der Waals surface area contributed by atoms with E-state index in [4.69, 9.17) is 5.11 Å². The van der Waals surface area contributed by atoms with Gasteiger partial charge in [0.25, 0.3) is 0 Å². The fraction of sp³-hybridized carbons (Fsp3) is 0.222. The van der Waals surface area contributed by atoms with Crippen molar-refractivity contribution in [1.29, 1.82) is 0 Å². The van der Waals surface area contributed by atoms with Gasteiger partial charge in [-0.25, -0.2) is 4.79 Å². The van der Waals surface area contributed by atoms with Crippen LogP contribution in [0.5, 0.6) is 0 Å². The molecule has 64 valence electrons. The van der Waals surface area contributed by atoms with E-state index in [2.05, 4.69) is 6.58 Å². The predicted molar refractivity (Wildman–Crippen MR) is 44.6 cm³/mol. The Morgan fingerprint density at radius 1 is 1.67 bits per heavy atom. The van der Waals surface area contributed by atoms with E-state index in [1.807, 2.05) is 0 Å². The molecule has 1 unspecified atom stereocenters. The monoisotopic (exact) mass is 166 g/mol. The molecule has 3 nitrogen and oxygen atoms in total. The first-order valence-electron chi connectivity index (χ1n) is 3.53. The van der Waals surface area contributed by atoms with E-state index in [0.717, 1.165) is 0 Å². The lowest BCUT2D eigenvalue weighted by Gasteiger charge is -2.15. The van der Waals surface area contributed by atoms with Gasteiger partial charge >= 0.3 is 5.97 Å². The predicted octanol–water partition coefficient (Wildman–Crippen LogP) is 0.874. The van der Waals surface area contributed by atoms with Gasteiger partial charge in [0.15, 0.2) is 0 Å². The number of carbonyl (C=O) groups is 1. The molecule has 0 bridgehead atoms. The Labute approximate surface area is 70.3 Å². The number of aliphatic hydroxyl groups is 1. The molecule has 1 aliphatic rings. The highest BCUT2D eigenvalue weighted by Crippen LogP contribution is 2.21. The second-order valence-electron chi connectivity index (χ2n) is 2.73. The van der Waals surface area contributed by atoms with Crippen molar-refractivity contribution in [3.63, 3.8) is 0 Å². The van der Waals surface area contributed by atoms with Crippen LogP contribution in [-0.2, 0) is 4.79 Å². The minimum Gasteiger partial charge on any atom is -0.478 e. The van der Waals surface area contributed by atoms with Crippen molar-refractivity contribution in [2.24, 2.45) is 0 Å². The van der Waals surface area contributed by atoms with Crippen LogP contribution in [0.15, 0.2) is 35.5 Å². The van der Waals surface area contributed by atoms with Gasteiger partial charge in [0, 0.05) is 0 Å². The Hall–Kier alpha value is -1.35. The lowest BCUT2D eigenvalue weighted by molar-refractivity contribution is -0.132. The summed E-state index contributed by atoms with van der Waals surface area (Å²) in [5.41, 5.74) is 1.19. The molecule has 1 aliphatic carbocycles. The minimum absolute atomic E-state index is 0.199. The van der Waals surface area contributed by atoms with Crippen LogP contribution in [0.3, 0.4) is 0 Å². The zero-order chi connectivity index (χ0) is 9.30. The summed E-state index contributed by atoms with van der Waals surface area (Å²) in [5.74, 6) is -0.989. The van der Waals surface area contributed by atoms with Crippen molar-refractivity contribution in [2.45, 2.75) is 13.0 Å². The van der Waals surface area contributed by atoms with E-state index >= 15 is 0 Å². The number of aliphatic hydroxyl groups excluding tert-OH is 1. The first kappa shape index (κ1) is 8.74. The van der Waals surface area contributed by atoms with Crippen molar-refractivity contribution in [3.05, 3.63) is 35.5 Å². The number of aliphatic carboxylic acids is 1. The third-order valence-electron chi connectivity index (χ3n) is 1.77. The molecular formula is C9H10O3.